The summed E-state index contributed by atoms with van der Waals surface area (Å²) in [4.78, 5) is 21.3. The highest BCUT2D eigenvalue weighted by Gasteiger charge is 2.29. The number of nitrogens with one attached hydrogen (secondary N) is 2. The maximum atomic E-state index is 12.4. The van der Waals surface area contributed by atoms with Crippen LogP contribution in [0.3, 0.4) is 0 Å². The van der Waals surface area contributed by atoms with Crippen LogP contribution in [-0.2, 0) is 11.2 Å². The number of carbonyl (C=O) groups is 1. The molecule has 2 aliphatic rings. The van der Waals surface area contributed by atoms with Crippen molar-refractivity contribution in [2.24, 2.45) is 16.8 Å². The molecule has 0 bridgehead atoms. The van der Waals surface area contributed by atoms with E-state index in [4.69, 9.17) is 0 Å². The van der Waals surface area contributed by atoms with E-state index in [9.17, 15) is 4.79 Å². The highest BCUT2D eigenvalue weighted by atomic mass is 127. The number of aliphatic imine (C=N–C) groups is 1. The van der Waals surface area contributed by atoms with Crippen molar-refractivity contribution in [3.05, 3.63) is 35.9 Å². The van der Waals surface area contributed by atoms with Crippen molar-refractivity contribution >= 4 is 35.8 Å². The third-order valence-electron chi connectivity index (χ3n) is 6.47. The molecule has 0 aromatic heterocycles. The Kier molecular flexibility index (Phi) is 11.1. The van der Waals surface area contributed by atoms with E-state index in [-0.39, 0.29) is 29.9 Å². The largest absolute Gasteiger partial charge is 0.356 e. The van der Waals surface area contributed by atoms with Crippen molar-refractivity contribution in [1.29, 1.82) is 0 Å². The van der Waals surface area contributed by atoms with E-state index in [1.807, 2.05) is 18.0 Å². The van der Waals surface area contributed by atoms with E-state index in [2.05, 4.69) is 58.6 Å². The van der Waals surface area contributed by atoms with Crippen LogP contribution in [0, 0.1) is 11.8 Å². The predicted octanol–water partition coefficient (Wildman–Crippen LogP) is 2.98. The molecule has 2 aliphatic heterocycles. The summed E-state index contributed by atoms with van der Waals surface area (Å²) in [5.41, 5.74) is 1.29. The van der Waals surface area contributed by atoms with Crippen molar-refractivity contribution in [3.63, 3.8) is 0 Å². The first kappa shape index (κ1) is 25.9. The van der Waals surface area contributed by atoms with Crippen molar-refractivity contribution in [3.8, 4) is 0 Å². The number of rotatable bonds is 8. The number of hydrogen-bond donors (Lipinski definition) is 2. The number of likely N-dealkylation sites (tertiary alicyclic amines) is 2. The predicted molar refractivity (Wildman–Crippen MR) is 139 cm³/mol. The maximum absolute atomic E-state index is 12.4. The van der Waals surface area contributed by atoms with E-state index in [1.165, 1.54) is 31.5 Å². The first-order chi connectivity index (χ1) is 14.5. The number of piperidine rings is 1. The maximum Gasteiger partial charge on any atom is 0.223 e. The summed E-state index contributed by atoms with van der Waals surface area (Å²) >= 11 is 0. The molecule has 2 fully saturated rings. The van der Waals surface area contributed by atoms with Crippen LogP contribution in [0.5, 0.6) is 0 Å². The normalized spacial score (nSPS) is 23.4. The van der Waals surface area contributed by atoms with Gasteiger partial charge in [-0.15, -0.1) is 24.0 Å². The van der Waals surface area contributed by atoms with Gasteiger partial charge in [-0.1, -0.05) is 37.3 Å². The Bertz CT molecular complexity index is 698. The second kappa shape index (κ2) is 13.3. The van der Waals surface area contributed by atoms with E-state index < -0.39 is 0 Å². The van der Waals surface area contributed by atoms with E-state index >= 15 is 0 Å². The summed E-state index contributed by atoms with van der Waals surface area (Å²) in [6, 6.07) is 10.9. The molecular formula is C24H40IN5O. The SMILES string of the molecule is CN=C(NCC1CC(=O)N(CCc2ccccc2)C1)NCC(C)N1CCCC(C)C1.I. The van der Waals surface area contributed by atoms with Gasteiger partial charge in [-0.2, -0.15) is 0 Å². The minimum atomic E-state index is 0. The Morgan fingerprint density at radius 1 is 1.23 bits per heavy atom. The molecule has 2 heterocycles. The van der Waals surface area contributed by atoms with Gasteiger partial charge >= 0.3 is 0 Å². The van der Waals surface area contributed by atoms with Crippen LogP contribution in [0.25, 0.3) is 0 Å². The summed E-state index contributed by atoms with van der Waals surface area (Å²) in [5.74, 6) is 2.24. The summed E-state index contributed by atoms with van der Waals surface area (Å²) in [6.45, 7) is 10.3. The molecule has 0 aliphatic carbocycles. The van der Waals surface area contributed by atoms with Gasteiger partial charge in [-0.3, -0.25) is 14.7 Å². The molecule has 3 rings (SSSR count). The van der Waals surface area contributed by atoms with Crippen LogP contribution in [0.1, 0.15) is 38.7 Å². The molecule has 1 aromatic carbocycles. The summed E-state index contributed by atoms with van der Waals surface area (Å²) in [5, 5.41) is 6.91. The highest BCUT2D eigenvalue weighted by Crippen LogP contribution is 2.18. The standard InChI is InChI=1S/C24H39N5O.HI/c1-19-8-7-12-28(17-19)20(2)15-26-24(25-3)27-16-22-14-23(30)29(18-22)13-11-21-9-5-4-6-10-21;/h4-6,9-10,19-20,22H,7-8,11-18H2,1-3H3,(H2,25,26,27);1H. The first-order valence-electron chi connectivity index (χ1n) is 11.6. The molecule has 3 atom stereocenters. The number of amides is 1. The molecule has 2 saturated heterocycles. The molecule has 1 aromatic rings. The number of benzene rings is 1. The van der Waals surface area contributed by atoms with E-state index in [1.54, 1.807) is 0 Å². The van der Waals surface area contributed by atoms with Crippen molar-refractivity contribution in [2.45, 2.75) is 45.6 Å². The van der Waals surface area contributed by atoms with Gasteiger partial charge in [0.15, 0.2) is 5.96 Å². The van der Waals surface area contributed by atoms with Gasteiger partial charge in [0.2, 0.25) is 5.91 Å². The number of carbonyl (C=O) groups excluding carboxylic acids is 1. The van der Waals surface area contributed by atoms with Crippen LogP contribution in [-0.4, -0.2) is 74.0 Å². The molecule has 7 heteroatoms. The summed E-state index contributed by atoms with van der Waals surface area (Å²) in [7, 11) is 1.81. The number of nitrogens with zero attached hydrogens (tertiary/aromatic N) is 3. The molecular weight excluding hydrogens is 501 g/mol. The Morgan fingerprint density at radius 2 is 2.00 bits per heavy atom. The van der Waals surface area contributed by atoms with Crippen LogP contribution in [0.2, 0.25) is 0 Å². The lowest BCUT2D eigenvalue weighted by Crippen LogP contribution is -2.49. The number of guanidine groups is 1. The van der Waals surface area contributed by atoms with Crippen LogP contribution >= 0.6 is 24.0 Å². The fraction of sp³-hybridized carbons (Fsp3) is 0.667. The average molecular weight is 542 g/mol. The molecule has 2 N–H and O–H groups in total. The Labute approximate surface area is 205 Å². The third kappa shape index (κ3) is 8.25. The fourth-order valence-electron chi connectivity index (χ4n) is 4.58. The number of hydrogen-bond acceptors (Lipinski definition) is 3. The van der Waals surface area contributed by atoms with Gasteiger partial charge in [0.25, 0.3) is 0 Å². The lowest BCUT2D eigenvalue weighted by molar-refractivity contribution is -0.127. The number of halogens is 1. The zero-order valence-corrected chi connectivity index (χ0v) is 21.7. The average Bonchev–Trinajstić information content (AvgIpc) is 3.12. The topological polar surface area (TPSA) is 60.0 Å². The monoisotopic (exact) mass is 541 g/mol. The zero-order valence-electron chi connectivity index (χ0n) is 19.3. The van der Waals surface area contributed by atoms with Gasteiger partial charge in [0.05, 0.1) is 0 Å². The van der Waals surface area contributed by atoms with Gasteiger partial charge in [0.1, 0.15) is 0 Å². The molecule has 0 radical (unpaired) electrons. The second-order valence-corrected chi connectivity index (χ2v) is 9.07. The van der Waals surface area contributed by atoms with Crippen LogP contribution in [0.15, 0.2) is 35.3 Å². The summed E-state index contributed by atoms with van der Waals surface area (Å²) < 4.78 is 0. The molecule has 1 amide bonds. The molecule has 3 unspecified atom stereocenters. The van der Waals surface area contributed by atoms with E-state index in [0.29, 0.717) is 18.4 Å². The lowest BCUT2D eigenvalue weighted by Gasteiger charge is -2.35. The minimum absolute atomic E-state index is 0. The first-order valence-corrected chi connectivity index (χ1v) is 11.6. The third-order valence-corrected chi connectivity index (χ3v) is 6.47. The fourth-order valence-corrected chi connectivity index (χ4v) is 4.58. The molecule has 174 valence electrons. The van der Waals surface area contributed by atoms with Gasteiger partial charge in [-0.25, -0.2) is 0 Å². The van der Waals surface area contributed by atoms with Crippen molar-refractivity contribution in [1.82, 2.24) is 20.4 Å². The minimum Gasteiger partial charge on any atom is -0.356 e. The molecule has 31 heavy (non-hydrogen) atoms. The second-order valence-electron chi connectivity index (χ2n) is 9.07. The van der Waals surface area contributed by atoms with Crippen molar-refractivity contribution in [2.75, 3.05) is 46.3 Å². The van der Waals surface area contributed by atoms with Crippen LogP contribution < -0.4 is 10.6 Å². The highest BCUT2D eigenvalue weighted by molar-refractivity contribution is 14.0. The Morgan fingerprint density at radius 3 is 2.71 bits per heavy atom. The van der Waals surface area contributed by atoms with Gasteiger partial charge in [0, 0.05) is 58.2 Å². The van der Waals surface area contributed by atoms with Gasteiger partial charge < -0.3 is 15.5 Å². The molecule has 0 spiro atoms. The molecule has 0 saturated carbocycles. The zero-order chi connectivity index (χ0) is 21.3. The lowest BCUT2D eigenvalue weighted by atomic mass is 9.99. The summed E-state index contributed by atoms with van der Waals surface area (Å²) in [6.07, 6.45) is 4.20. The Balaban J connectivity index is 0.00000341. The Hall–Kier alpha value is -1.35. The van der Waals surface area contributed by atoms with Crippen LogP contribution in [0.4, 0.5) is 0 Å². The molecule has 6 nitrogen and oxygen atoms in total. The van der Waals surface area contributed by atoms with Gasteiger partial charge in [-0.05, 0) is 44.2 Å². The smallest absolute Gasteiger partial charge is 0.223 e. The van der Waals surface area contributed by atoms with E-state index in [0.717, 1.165) is 44.5 Å². The quantitative estimate of drug-likeness (QED) is 0.302. The van der Waals surface area contributed by atoms with Crippen molar-refractivity contribution < 1.29 is 4.79 Å².